The van der Waals surface area contributed by atoms with Crippen molar-refractivity contribution in [3.63, 3.8) is 0 Å². The Kier molecular flexibility index (Phi) is 7.05. The number of hydrogen-bond acceptors (Lipinski definition) is 2. The molecule has 88 valence electrons. The third-order valence-corrected chi connectivity index (χ3v) is 2.67. The van der Waals surface area contributed by atoms with E-state index in [1.54, 1.807) is 19.9 Å². The first-order valence-corrected chi connectivity index (χ1v) is 5.57. The first kappa shape index (κ1) is 14.2. The lowest BCUT2D eigenvalue weighted by molar-refractivity contribution is -0.132. The highest BCUT2D eigenvalue weighted by atomic mass is 16.4. The standard InChI is InChI=1S/C12H22O3/c1-4-5-6-11(10(3)13)8-7-9(2)12(14)15/h7,10-11,13H,4-6,8H2,1-3H3,(H,14,15)/b9-7+. The predicted octanol–water partition coefficient (Wildman–Crippen LogP) is 2.59. The molecule has 3 heteroatoms. The van der Waals surface area contributed by atoms with E-state index in [4.69, 9.17) is 5.11 Å². The minimum absolute atomic E-state index is 0.180. The van der Waals surface area contributed by atoms with Crippen molar-refractivity contribution in [1.29, 1.82) is 0 Å². The highest BCUT2D eigenvalue weighted by molar-refractivity contribution is 5.85. The third-order valence-electron chi connectivity index (χ3n) is 2.67. The second kappa shape index (κ2) is 7.46. The van der Waals surface area contributed by atoms with E-state index in [0.717, 1.165) is 19.3 Å². The second-order valence-corrected chi connectivity index (χ2v) is 4.07. The van der Waals surface area contributed by atoms with Crippen LogP contribution in [-0.2, 0) is 4.79 Å². The molecular weight excluding hydrogens is 192 g/mol. The van der Waals surface area contributed by atoms with Crippen LogP contribution in [0.3, 0.4) is 0 Å². The number of carboxylic acids is 1. The van der Waals surface area contributed by atoms with Gasteiger partial charge < -0.3 is 10.2 Å². The number of hydrogen-bond donors (Lipinski definition) is 2. The van der Waals surface area contributed by atoms with Gasteiger partial charge in [0, 0.05) is 5.57 Å². The number of allylic oxidation sites excluding steroid dienone is 1. The average Bonchev–Trinajstić information content (AvgIpc) is 2.16. The van der Waals surface area contributed by atoms with Crippen LogP contribution in [0.5, 0.6) is 0 Å². The highest BCUT2D eigenvalue weighted by Crippen LogP contribution is 2.18. The van der Waals surface area contributed by atoms with Crippen LogP contribution in [0.4, 0.5) is 0 Å². The van der Waals surface area contributed by atoms with Gasteiger partial charge in [0.1, 0.15) is 0 Å². The molecule has 0 spiro atoms. The molecule has 0 saturated carbocycles. The fourth-order valence-corrected chi connectivity index (χ4v) is 1.44. The van der Waals surface area contributed by atoms with E-state index in [1.165, 1.54) is 0 Å². The van der Waals surface area contributed by atoms with Crippen LogP contribution < -0.4 is 0 Å². The molecule has 3 nitrogen and oxygen atoms in total. The predicted molar refractivity (Wildman–Crippen MR) is 60.7 cm³/mol. The zero-order valence-electron chi connectivity index (χ0n) is 9.86. The molecule has 0 aliphatic heterocycles. The van der Waals surface area contributed by atoms with Gasteiger partial charge in [0.25, 0.3) is 0 Å². The van der Waals surface area contributed by atoms with E-state index in [0.29, 0.717) is 12.0 Å². The Hall–Kier alpha value is -0.830. The number of carboxylic acid groups (broad SMARTS) is 1. The molecule has 0 amide bonds. The van der Waals surface area contributed by atoms with Crippen molar-refractivity contribution in [2.24, 2.45) is 5.92 Å². The van der Waals surface area contributed by atoms with Crippen molar-refractivity contribution in [1.82, 2.24) is 0 Å². The van der Waals surface area contributed by atoms with E-state index in [9.17, 15) is 9.90 Å². The van der Waals surface area contributed by atoms with Crippen molar-refractivity contribution >= 4 is 5.97 Å². The number of carbonyl (C=O) groups is 1. The van der Waals surface area contributed by atoms with E-state index >= 15 is 0 Å². The van der Waals surface area contributed by atoms with Crippen molar-refractivity contribution in [2.45, 2.75) is 52.6 Å². The second-order valence-electron chi connectivity index (χ2n) is 4.07. The zero-order chi connectivity index (χ0) is 11.8. The molecular formula is C12H22O3. The lowest BCUT2D eigenvalue weighted by Gasteiger charge is -2.17. The first-order chi connectivity index (χ1) is 6.99. The molecule has 0 aromatic carbocycles. The van der Waals surface area contributed by atoms with Crippen LogP contribution >= 0.6 is 0 Å². The molecule has 0 saturated heterocycles. The van der Waals surface area contributed by atoms with E-state index in [2.05, 4.69) is 6.92 Å². The smallest absolute Gasteiger partial charge is 0.330 e. The molecule has 0 rings (SSSR count). The lowest BCUT2D eigenvalue weighted by Crippen LogP contribution is -2.16. The normalized spacial score (nSPS) is 16.1. The van der Waals surface area contributed by atoms with E-state index in [-0.39, 0.29) is 12.0 Å². The lowest BCUT2D eigenvalue weighted by atomic mass is 9.93. The summed E-state index contributed by atoms with van der Waals surface area (Å²) in [6, 6.07) is 0. The number of rotatable bonds is 7. The van der Waals surface area contributed by atoms with Crippen LogP contribution in [0.1, 0.15) is 46.5 Å². The number of unbranched alkanes of at least 4 members (excludes halogenated alkanes) is 1. The molecule has 2 atom stereocenters. The van der Waals surface area contributed by atoms with Crippen molar-refractivity contribution in [3.8, 4) is 0 Å². The zero-order valence-corrected chi connectivity index (χ0v) is 9.86. The molecule has 0 radical (unpaired) electrons. The third kappa shape index (κ3) is 6.28. The fourth-order valence-electron chi connectivity index (χ4n) is 1.44. The molecule has 0 aromatic heterocycles. The Labute approximate surface area is 91.8 Å². The minimum atomic E-state index is -0.880. The molecule has 2 unspecified atom stereocenters. The maximum absolute atomic E-state index is 10.6. The molecule has 0 heterocycles. The Morgan fingerprint density at radius 2 is 2.07 bits per heavy atom. The Morgan fingerprint density at radius 1 is 1.47 bits per heavy atom. The highest BCUT2D eigenvalue weighted by Gasteiger charge is 2.13. The maximum atomic E-state index is 10.6. The number of aliphatic carboxylic acids is 1. The van der Waals surface area contributed by atoms with E-state index < -0.39 is 5.97 Å². The summed E-state index contributed by atoms with van der Waals surface area (Å²) >= 11 is 0. The average molecular weight is 214 g/mol. The van der Waals surface area contributed by atoms with Crippen molar-refractivity contribution < 1.29 is 15.0 Å². The largest absolute Gasteiger partial charge is 0.478 e. The summed E-state index contributed by atoms with van der Waals surface area (Å²) in [5.41, 5.74) is 0.358. The Morgan fingerprint density at radius 3 is 2.47 bits per heavy atom. The number of aliphatic hydroxyl groups is 1. The van der Waals surface area contributed by atoms with Crippen LogP contribution in [-0.4, -0.2) is 22.3 Å². The van der Waals surface area contributed by atoms with Gasteiger partial charge in [0.15, 0.2) is 0 Å². The van der Waals surface area contributed by atoms with Gasteiger partial charge in [-0.25, -0.2) is 4.79 Å². The molecule has 0 fully saturated rings. The summed E-state index contributed by atoms with van der Waals surface area (Å²) in [4.78, 5) is 10.6. The van der Waals surface area contributed by atoms with Crippen molar-refractivity contribution in [3.05, 3.63) is 11.6 Å². The van der Waals surface area contributed by atoms with Gasteiger partial charge in [0.2, 0.25) is 0 Å². The molecule has 0 aliphatic carbocycles. The van der Waals surface area contributed by atoms with Gasteiger partial charge in [-0.1, -0.05) is 25.8 Å². The summed E-state index contributed by atoms with van der Waals surface area (Å²) in [5, 5.41) is 18.2. The topological polar surface area (TPSA) is 57.5 Å². The molecule has 0 bridgehead atoms. The number of aliphatic hydroxyl groups excluding tert-OH is 1. The monoisotopic (exact) mass is 214 g/mol. The summed E-state index contributed by atoms with van der Waals surface area (Å²) < 4.78 is 0. The van der Waals surface area contributed by atoms with Crippen LogP contribution in [0.15, 0.2) is 11.6 Å². The fraction of sp³-hybridized carbons (Fsp3) is 0.750. The van der Waals surface area contributed by atoms with Gasteiger partial charge in [-0.3, -0.25) is 0 Å². The van der Waals surface area contributed by atoms with Crippen molar-refractivity contribution in [2.75, 3.05) is 0 Å². The van der Waals surface area contributed by atoms with E-state index in [1.807, 2.05) is 0 Å². The van der Waals surface area contributed by atoms with Gasteiger partial charge in [-0.15, -0.1) is 0 Å². The van der Waals surface area contributed by atoms with Crippen LogP contribution in [0.2, 0.25) is 0 Å². The summed E-state index contributed by atoms with van der Waals surface area (Å²) in [7, 11) is 0. The molecule has 15 heavy (non-hydrogen) atoms. The van der Waals surface area contributed by atoms with Gasteiger partial charge in [-0.05, 0) is 32.6 Å². The van der Waals surface area contributed by atoms with Gasteiger partial charge in [0.05, 0.1) is 6.10 Å². The molecule has 2 N–H and O–H groups in total. The summed E-state index contributed by atoms with van der Waals surface area (Å²) in [6.45, 7) is 5.46. The van der Waals surface area contributed by atoms with Crippen LogP contribution in [0.25, 0.3) is 0 Å². The van der Waals surface area contributed by atoms with Crippen LogP contribution in [0, 0.1) is 5.92 Å². The molecule has 0 aliphatic rings. The van der Waals surface area contributed by atoms with Gasteiger partial charge >= 0.3 is 5.97 Å². The SMILES string of the molecule is CCCCC(C/C=C(\C)C(=O)O)C(C)O. The first-order valence-electron chi connectivity index (χ1n) is 5.57. The maximum Gasteiger partial charge on any atom is 0.330 e. The Balaban J connectivity index is 4.17. The molecule has 0 aromatic rings. The quantitative estimate of drug-likeness (QED) is 0.640. The minimum Gasteiger partial charge on any atom is -0.478 e. The van der Waals surface area contributed by atoms with Gasteiger partial charge in [-0.2, -0.15) is 0 Å². The summed E-state index contributed by atoms with van der Waals surface area (Å²) in [6.07, 6.45) is 5.12. The Bertz CT molecular complexity index is 219. The summed E-state index contributed by atoms with van der Waals surface area (Å²) in [5.74, 6) is -0.700.